The van der Waals surface area contributed by atoms with Crippen molar-refractivity contribution in [1.82, 2.24) is 15.1 Å². The molecule has 2 aromatic carbocycles. The molecule has 0 spiro atoms. The molecule has 0 bridgehead atoms. The largest absolute Gasteiger partial charge is 0.349 e. The average molecular weight is 391 g/mol. The lowest BCUT2D eigenvalue weighted by Gasteiger charge is -2.35. The van der Waals surface area contributed by atoms with Gasteiger partial charge in [-0.1, -0.05) is 48.5 Å². The molecule has 2 heterocycles. The molecule has 1 unspecified atom stereocenters. The third-order valence-electron chi connectivity index (χ3n) is 5.75. The zero-order valence-corrected chi connectivity index (χ0v) is 16.3. The number of carbonyl (C=O) groups excluding carboxylic acids is 3. The molecule has 6 heteroatoms. The molecule has 0 saturated carbocycles. The van der Waals surface area contributed by atoms with Gasteiger partial charge in [0.25, 0.3) is 5.91 Å². The summed E-state index contributed by atoms with van der Waals surface area (Å²) in [5, 5.41) is 3.08. The van der Waals surface area contributed by atoms with E-state index in [1.807, 2.05) is 48.5 Å². The van der Waals surface area contributed by atoms with Gasteiger partial charge in [-0.05, 0) is 30.5 Å². The molecule has 2 aromatic rings. The van der Waals surface area contributed by atoms with Crippen molar-refractivity contribution >= 4 is 17.7 Å². The summed E-state index contributed by atoms with van der Waals surface area (Å²) in [6, 6.07) is 18.5. The Balaban J connectivity index is 1.31. The van der Waals surface area contributed by atoms with Gasteiger partial charge in [0, 0.05) is 24.7 Å². The number of amides is 3. The molecule has 2 saturated heterocycles. The topological polar surface area (TPSA) is 69.7 Å². The highest BCUT2D eigenvalue weighted by atomic mass is 16.2. The Labute approximate surface area is 170 Å². The summed E-state index contributed by atoms with van der Waals surface area (Å²) < 4.78 is 0. The Morgan fingerprint density at radius 1 is 0.931 bits per heavy atom. The lowest BCUT2D eigenvalue weighted by atomic mass is 10.0. The van der Waals surface area contributed by atoms with Crippen molar-refractivity contribution in [3.05, 3.63) is 71.8 Å². The van der Waals surface area contributed by atoms with Crippen LogP contribution in [0.5, 0.6) is 0 Å². The van der Waals surface area contributed by atoms with E-state index < -0.39 is 0 Å². The van der Waals surface area contributed by atoms with Crippen molar-refractivity contribution in [3.8, 4) is 0 Å². The van der Waals surface area contributed by atoms with Gasteiger partial charge in [0.05, 0.1) is 19.0 Å². The third-order valence-corrected chi connectivity index (χ3v) is 5.75. The molecule has 0 radical (unpaired) electrons. The maximum atomic E-state index is 12.9. The predicted molar refractivity (Wildman–Crippen MR) is 109 cm³/mol. The Morgan fingerprint density at radius 2 is 1.55 bits per heavy atom. The minimum Gasteiger partial charge on any atom is -0.349 e. The van der Waals surface area contributed by atoms with Crippen LogP contribution in [0.15, 0.2) is 60.7 Å². The van der Waals surface area contributed by atoms with Crippen LogP contribution in [-0.4, -0.2) is 52.7 Å². The first-order valence-corrected chi connectivity index (χ1v) is 10.1. The number of hydrogen-bond donors (Lipinski definition) is 1. The minimum atomic E-state index is -0.378. The second kappa shape index (κ2) is 8.57. The number of nitrogens with zero attached hydrogens (tertiary/aromatic N) is 2. The highest BCUT2D eigenvalue weighted by Gasteiger charge is 2.42. The van der Waals surface area contributed by atoms with E-state index in [0.29, 0.717) is 25.2 Å². The number of carbonyl (C=O) groups is 3. The molecule has 1 atom stereocenters. The van der Waals surface area contributed by atoms with E-state index in [0.717, 1.165) is 18.4 Å². The number of likely N-dealkylation sites (tertiary alicyclic amines) is 2. The molecule has 1 N–H and O–H groups in total. The summed E-state index contributed by atoms with van der Waals surface area (Å²) in [5.74, 6) is -0.279. The zero-order chi connectivity index (χ0) is 20.2. The maximum Gasteiger partial charge on any atom is 0.251 e. The van der Waals surface area contributed by atoms with Crippen LogP contribution >= 0.6 is 0 Å². The summed E-state index contributed by atoms with van der Waals surface area (Å²) in [5.41, 5.74) is 1.61. The highest BCUT2D eigenvalue weighted by molar-refractivity contribution is 6.05. The van der Waals surface area contributed by atoms with Crippen molar-refractivity contribution in [2.45, 2.75) is 37.9 Å². The summed E-state index contributed by atoms with van der Waals surface area (Å²) in [6.45, 7) is 1.73. The van der Waals surface area contributed by atoms with Gasteiger partial charge < -0.3 is 5.32 Å². The van der Waals surface area contributed by atoms with Gasteiger partial charge in [0.15, 0.2) is 0 Å². The van der Waals surface area contributed by atoms with Crippen molar-refractivity contribution < 1.29 is 14.4 Å². The van der Waals surface area contributed by atoms with Gasteiger partial charge in [-0.3, -0.25) is 24.2 Å². The van der Waals surface area contributed by atoms with E-state index in [2.05, 4.69) is 10.2 Å². The fourth-order valence-electron chi connectivity index (χ4n) is 4.10. The molecule has 3 amide bonds. The zero-order valence-electron chi connectivity index (χ0n) is 16.3. The smallest absolute Gasteiger partial charge is 0.251 e. The Morgan fingerprint density at radius 3 is 2.21 bits per heavy atom. The lowest BCUT2D eigenvalue weighted by Crippen LogP contribution is -2.50. The van der Waals surface area contributed by atoms with E-state index in [1.54, 1.807) is 12.1 Å². The quantitative estimate of drug-likeness (QED) is 0.794. The molecule has 2 aliphatic rings. The first-order valence-electron chi connectivity index (χ1n) is 10.1. The van der Waals surface area contributed by atoms with Crippen molar-refractivity contribution in [2.24, 2.45) is 0 Å². The number of nitrogens with one attached hydrogen (secondary N) is 1. The van der Waals surface area contributed by atoms with Gasteiger partial charge in [-0.25, -0.2) is 0 Å². The molecule has 6 nitrogen and oxygen atoms in total. The van der Waals surface area contributed by atoms with Crippen molar-refractivity contribution in [3.63, 3.8) is 0 Å². The van der Waals surface area contributed by atoms with Gasteiger partial charge in [0.2, 0.25) is 11.8 Å². The molecular weight excluding hydrogens is 366 g/mol. The third kappa shape index (κ3) is 4.38. The molecule has 29 heavy (non-hydrogen) atoms. The van der Waals surface area contributed by atoms with E-state index in [4.69, 9.17) is 0 Å². The number of piperidine rings is 1. The molecule has 2 fully saturated rings. The normalized spacial score (nSPS) is 20.8. The van der Waals surface area contributed by atoms with Crippen LogP contribution in [-0.2, 0) is 16.1 Å². The first-order chi connectivity index (χ1) is 14.1. The van der Waals surface area contributed by atoms with E-state index in [-0.39, 0.29) is 36.2 Å². The summed E-state index contributed by atoms with van der Waals surface area (Å²) in [6.07, 6.45) is 1.79. The fourth-order valence-corrected chi connectivity index (χ4v) is 4.10. The van der Waals surface area contributed by atoms with Crippen LogP contribution < -0.4 is 5.32 Å². The van der Waals surface area contributed by atoms with Crippen molar-refractivity contribution in [1.29, 1.82) is 0 Å². The molecule has 4 rings (SSSR count). The Hall–Kier alpha value is -2.99. The minimum absolute atomic E-state index is 0.0646. The van der Waals surface area contributed by atoms with Crippen LogP contribution in [0, 0.1) is 0 Å². The van der Waals surface area contributed by atoms with E-state index in [1.165, 1.54) is 4.90 Å². The predicted octanol–water partition coefficient (Wildman–Crippen LogP) is 2.21. The molecule has 0 aliphatic carbocycles. The fraction of sp³-hybridized carbons (Fsp3) is 0.348. The summed E-state index contributed by atoms with van der Waals surface area (Å²) >= 11 is 0. The SMILES string of the molecule is O=C(NC1CCN(C2CC(=O)N(Cc3ccccc3)C2=O)CC1)c1ccccc1. The second-order valence-electron chi connectivity index (χ2n) is 7.67. The standard InChI is InChI=1S/C23H25N3O3/c27-21-15-20(23(29)26(21)16-17-7-3-1-4-8-17)25-13-11-19(12-14-25)24-22(28)18-9-5-2-6-10-18/h1-10,19-20H,11-16H2,(H,24,28). The molecule has 150 valence electrons. The van der Waals surface area contributed by atoms with Crippen LogP contribution in [0.1, 0.15) is 35.2 Å². The average Bonchev–Trinajstić information content (AvgIpc) is 3.04. The monoisotopic (exact) mass is 391 g/mol. The van der Waals surface area contributed by atoms with Crippen LogP contribution in [0.2, 0.25) is 0 Å². The van der Waals surface area contributed by atoms with Gasteiger partial charge in [0.1, 0.15) is 0 Å². The van der Waals surface area contributed by atoms with Gasteiger partial charge in [-0.2, -0.15) is 0 Å². The van der Waals surface area contributed by atoms with Crippen LogP contribution in [0.3, 0.4) is 0 Å². The molecule has 2 aliphatic heterocycles. The number of benzene rings is 2. The number of hydrogen-bond acceptors (Lipinski definition) is 4. The van der Waals surface area contributed by atoms with Crippen LogP contribution in [0.25, 0.3) is 0 Å². The summed E-state index contributed by atoms with van der Waals surface area (Å²) in [4.78, 5) is 41.1. The number of rotatable bonds is 5. The Kier molecular flexibility index (Phi) is 5.71. The van der Waals surface area contributed by atoms with Crippen LogP contribution in [0.4, 0.5) is 0 Å². The summed E-state index contributed by atoms with van der Waals surface area (Å²) in [7, 11) is 0. The first kappa shape index (κ1) is 19.3. The number of imide groups is 1. The van der Waals surface area contributed by atoms with E-state index in [9.17, 15) is 14.4 Å². The highest BCUT2D eigenvalue weighted by Crippen LogP contribution is 2.24. The van der Waals surface area contributed by atoms with Gasteiger partial charge >= 0.3 is 0 Å². The lowest BCUT2D eigenvalue weighted by molar-refractivity contribution is -0.140. The second-order valence-corrected chi connectivity index (χ2v) is 7.67. The van der Waals surface area contributed by atoms with Crippen molar-refractivity contribution in [2.75, 3.05) is 13.1 Å². The van der Waals surface area contributed by atoms with E-state index >= 15 is 0 Å². The van der Waals surface area contributed by atoms with Gasteiger partial charge in [-0.15, -0.1) is 0 Å². The molecule has 0 aromatic heterocycles. The Bertz CT molecular complexity index is 877. The molecular formula is C23H25N3O3. The maximum absolute atomic E-state index is 12.9.